The molecule has 0 bridgehead atoms. The van der Waals surface area contributed by atoms with Crippen LogP contribution >= 0.6 is 11.6 Å². The van der Waals surface area contributed by atoms with Crippen LogP contribution < -0.4 is 10.6 Å². The van der Waals surface area contributed by atoms with E-state index in [0.717, 1.165) is 40.8 Å². The molecule has 6 heteroatoms. The molecule has 4 rings (SSSR count). The van der Waals surface area contributed by atoms with Crippen molar-refractivity contribution in [3.05, 3.63) is 88.2 Å². The first-order valence-corrected chi connectivity index (χ1v) is 10.3. The van der Waals surface area contributed by atoms with Gasteiger partial charge >= 0.3 is 6.03 Å². The maximum atomic E-state index is 13.3. The number of urea groups is 1. The van der Waals surface area contributed by atoms with Crippen LogP contribution in [0.2, 0.25) is 5.02 Å². The third-order valence-electron chi connectivity index (χ3n) is 5.37. The van der Waals surface area contributed by atoms with Gasteiger partial charge in [-0.1, -0.05) is 54.1 Å². The number of benzene rings is 3. The number of nitrogens with one attached hydrogen (secondary N) is 2. The maximum Gasteiger partial charge on any atom is 0.319 e. The molecule has 0 heterocycles. The number of amides is 2. The monoisotopic (exact) mass is 424 g/mol. The van der Waals surface area contributed by atoms with Gasteiger partial charge in [-0.05, 0) is 58.9 Å². The van der Waals surface area contributed by atoms with Crippen molar-refractivity contribution in [2.45, 2.75) is 31.9 Å². The molecule has 154 valence electrons. The highest BCUT2D eigenvalue weighted by atomic mass is 35.5. The summed E-state index contributed by atoms with van der Waals surface area (Å²) < 4.78 is 13.3. The Hall–Kier alpha value is -2.89. The molecule has 3 aromatic rings. The lowest BCUT2D eigenvalue weighted by Gasteiger charge is -2.23. The second-order valence-corrected chi connectivity index (χ2v) is 7.88. The van der Waals surface area contributed by atoms with Crippen molar-refractivity contribution in [1.29, 1.82) is 0 Å². The largest absolute Gasteiger partial charge is 0.393 e. The van der Waals surface area contributed by atoms with E-state index in [0.29, 0.717) is 13.0 Å². The molecule has 4 nitrogen and oxygen atoms in total. The van der Waals surface area contributed by atoms with Crippen LogP contribution in [0.5, 0.6) is 0 Å². The standard InChI is InChI=1S/C24H22ClFN2O2/c25-21-12-18(9-11-22(21)26)16-6-4-15(5-7-16)14-27-24(30)28-23-3-1-2-17-8-10-19(29)13-20(17)23/h1-7,9,11-12,19,29H,8,10,13-14H2,(H2,27,28,30). The number of aliphatic hydroxyl groups is 1. The number of hydrogen-bond acceptors (Lipinski definition) is 2. The number of aryl methyl sites for hydroxylation is 1. The van der Waals surface area contributed by atoms with E-state index in [1.807, 2.05) is 42.5 Å². The summed E-state index contributed by atoms with van der Waals surface area (Å²) >= 11 is 5.85. The van der Waals surface area contributed by atoms with Crippen molar-refractivity contribution in [2.24, 2.45) is 0 Å². The Morgan fingerprint density at radius 1 is 1.10 bits per heavy atom. The third-order valence-corrected chi connectivity index (χ3v) is 5.66. The fourth-order valence-corrected chi connectivity index (χ4v) is 3.91. The van der Waals surface area contributed by atoms with Crippen molar-refractivity contribution in [3.8, 4) is 11.1 Å². The van der Waals surface area contributed by atoms with Gasteiger partial charge in [-0.25, -0.2) is 9.18 Å². The van der Waals surface area contributed by atoms with E-state index in [-0.39, 0.29) is 17.2 Å². The van der Waals surface area contributed by atoms with Gasteiger partial charge in [-0.2, -0.15) is 0 Å². The summed E-state index contributed by atoms with van der Waals surface area (Å²) in [6.07, 6.45) is 1.76. The fourth-order valence-electron chi connectivity index (χ4n) is 3.73. The molecule has 0 radical (unpaired) electrons. The molecular weight excluding hydrogens is 403 g/mol. The summed E-state index contributed by atoms with van der Waals surface area (Å²) in [6.45, 7) is 0.369. The number of aliphatic hydroxyl groups excluding tert-OH is 1. The first-order valence-electron chi connectivity index (χ1n) is 9.87. The summed E-state index contributed by atoms with van der Waals surface area (Å²) in [5.41, 5.74) is 5.61. The van der Waals surface area contributed by atoms with Gasteiger partial charge in [0, 0.05) is 18.7 Å². The van der Waals surface area contributed by atoms with Crippen LogP contribution in [0.1, 0.15) is 23.1 Å². The molecule has 30 heavy (non-hydrogen) atoms. The summed E-state index contributed by atoms with van der Waals surface area (Å²) in [6, 6.07) is 17.8. The Morgan fingerprint density at radius 3 is 2.63 bits per heavy atom. The van der Waals surface area contributed by atoms with Gasteiger partial charge in [0.05, 0.1) is 11.1 Å². The Kier molecular flexibility index (Phi) is 6.02. The summed E-state index contributed by atoms with van der Waals surface area (Å²) in [7, 11) is 0. The summed E-state index contributed by atoms with van der Waals surface area (Å²) in [4.78, 5) is 12.4. The Bertz CT molecular complexity index is 1070. The molecule has 1 atom stereocenters. The van der Waals surface area contributed by atoms with E-state index in [9.17, 15) is 14.3 Å². The average molecular weight is 425 g/mol. The van der Waals surface area contributed by atoms with Crippen LogP contribution in [0.25, 0.3) is 11.1 Å². The number of carbonyl (C=O) groups is 1. The summed E-state index contributed by atoms with van der Waals surface area (Å²) in [5, 5.41) is 15.8. The van der Waals surface area contributed by atoms with Gasteiger partial charge in [-0.3, -0.25) is 0 Å². The minimum absolute atomic E-state index is 0.0885. The normalized spacial score (nSPS) is 15.4. The number of halogens is 2. The zero-order valence-corrected chi connectivity index (χ0v) is 17.0. The van der Waals surface area contributed by atoms with Crippen LogP contribution in [0.3, 0.4) is 0 Å². The SMILES string of the molecule is O=C(NCc1ccc(-c2ccc(F)c(Cl)c2)cc1)Nc1cccc2c1CC(O)CC2. The molecule has 0 fully saturated rings. The highest BCUT2D eigenvalue weighted by Crippen LogP contribution is 2.28. The molecule has 0 aromatic heterocycles. The van der Waals surface area contributed by atoms with Crippen molar-refractivity contribution in [3.63, 3.8) is 0 Å². The maximum absolute atomic E-state index is 13.3. The Labute approximate surface area is 179 Å². The zero-order valence-electron chi connectivity index (χ0n) is 16.3. The second-order valence-electron chi connectivity index (χ2n) is 7.47. The molecule has 1 unspecified atom stereocenters. The lowest BCUT2D eigenvalue weighted by atomic mass is 9.88. The Balaban J connectivity index is 1.37. The van der Waals surface area contributed by atoms with Crippen LogP contribution in [-0.2, 0) is 19.4 Å². The fraction of sp³-hybridized carbons (Fsp3) is 0.208. The lowest BCUT2D eigenvalue weighted by molar-refractivity contribution is 0.159. The average Bonchev–Trinajstić information content (AvgIpc) is 2.75. The topological polar surface area (TPSA) is 61.4 Å². The molecule has 0 saturated heterocycles. The van der Waals surface area contributed by atoms with Gasteiger partial charge in [0.2, 0.25) is 0 Å². The smallest absolute Gasteiger partial charge is 0.319 e. The van der Waals surface area contributed by atoms with Gasteiger partial charge in [0.25, 0.3) is 0 Å². The van der Waals surface area contributed by atoms with E-state index in [4.69, 9.17) is 11.6 Å². The minimum atomic E-state index is -0.443. The number of hydrogen-bond donors (Lipinski definition) is 3. The number of anilines is 1. The Morgan fingerprint density at radius 2 is 1.87 bits per heavy atom. The molecule has 0 spiro atoms. The van der Waals surface area contributed by atoms with Crippen molar-refractivity contribution >= 4 is 23.3 Å². The van der Waals surface area contributed by atoms with Crippen molar-refractivity contribution in [1.82, 2.24) is 5.32 Å². The van der Waals surface area contributed by atoms with E-state index >= 15 is 0 Å². The van der Waals surface area contributed by atoms with Gasteiger partial charge < -0.3 is 15.7 Å². The van der Waals surface area contributed by atoms with Crippen molar-refractivity contribution in [2.75, 3.05) is 5.32 Å². The van der Waals surface area contributed by atoms with Gasteiger partial charge in [0.1, 0.15) is 5.82 Å². The molecule has 0 aliphatic heterocycles. The van der Waals surface area contributed by atoms with E-state index in [1.165, 1.54) is 11.6 Å². The minimum Gasteiger partial charge on any atom is -0.393 e. The van der Waals surface area contributed by atoms with Crippen LogP contribution in [-0.4, -0.2) is 17.2 Å². The number of carbonyl (C=O) groups excluding carboxylic acids is 1. The lowest BCUT2D eigenvalue weighted by Crippen LogP contribution is -2.29. The molecule has 1 aliphatic rings. The quantitative estimate of drug-likeness (QED) is 0.531. The predicted molar refractivity (Wildman–Crippen MR) is 117 cm³/mol. The third kappa shape index (κ3) is 4.64. The molecule has 3 aromatic carbocycles. The highest BCUT2D eigenvalue weighted by molar-refractivity contribution is 6.31. The van der Waals surface area contributed by atoms with Gasteiger partial charge in [0.15, 0.2) is 0 Å². The van der Waals surface area contributed by atoms with Crippen molar-refractivity contribution < 1.29 is 14.3 Å². The van der Waals surface area contributed by atoms with Crippen LogP contribution in [0.4, 0.5) is 14.9 Å². The van der Waals surface area contributed by atoms with E-state index < -0.39 is 5.82 Å². The predicted octanol–water partition coefficient (Wildman–Crippen LogP) is 5.32. The molecule has 3 N–H and O–H groups in total. The molecule has 2 amide bonds. The zero-order chi connectivity index (χ0) is 21.1. The van der Waals surface area contributed by atoms with Crippen LogP contribution in [0, 0.1) is 5.82 Å². The highest BCUT2D eigenvalue weighted by Gasteiger charge is 2.19. The molecule has 1 aliphatic carbocycles. The molecule has 0 saturated carbocycles. The van der Waals surface area contributed by atoms with E-state index in [1.54, 1.807) is 12.1 Å². The van der Waals surface area contributed by atoms with Crippen LogP contribution in [0.15, 0.2) is 60.7 Å². The first kappa shape index (κ1) is 20.4. The molecular formula is C24H22ClFN2O2. The second kappa shape index (κ2) is 8.86. The number of rotatable bonds is 4. The summed E-state index contributed by atoms with van der Waals surface area (Å²) in [5.74, 6) is -0.443. The number of fused-ring (bicyclic) bond motifs is 1. The van der Waals surface area contributed by atoms with Gasteiger partial charge in [-0.15, -0.1) is 0 Å². The van der Waals surface area contributed by atoms with E-state index in [2.05, 4.69) is 10.6 Å². The first-order chi connectivity index (χ1) is 14.5.